The van der Waals surface area contributed by atoms with E-state index in [1.165, 1.54) is 11.5 Å². The third-order valence-corrected chi connectivity index (χ3v) is 0.408. The van der Waals surface area contributed by atoms with Crippen LogP contribution in [0.1, 0.15) is 0 Å². The van der Waals surface area contributed by atoms with Crippen LogP contribution in [0, 0.1) is 0 Å². The molecule has 0 saturated heterocycles. The Hall–Kier alpha value is 0.480. The second-order valence-electron chi connectivity index (χ2n) is 0.372. The van der Waals surface area contributed by atoms with Gasteiger partial charge in [-0.25, -0.2) is 0 Å². The summed E-state index contributed by atoms with van der Waals surface area (Å²) in [5, 5.41) is 0. The first-order chi connectivity index (χ1) is 1.91. The van der Waals surface area contributed by atoms with Crippen LogP contribution in [0.15, 0.2) is 0 Å². The molecule has 0 aromatic heterocycles. The fraction of sp³-hybridized carbons (Fsp3) is 1.00. The molecule has 0 aliphatic carbocycles. The van der Waals surface area contributed by atoms with E-state index in [4.69, 9.17) is 7.12 Å². The van der Waals surface area contributed by atoms with Crippen molar-refractivity contribution in [2.75, 3.05) is 0 Å². The van der Waals surface area contributed by atoms with Crippen LogP contribution in [0.4, 0.5) is 0 Å². The Morgan fingerprint density at radius 2 is 2.25 bits per heavy atom. The first-order valence-electron chi connectivity index (χ1n) is 1.05. The van der Waals surface area contributed by atoms with Crippen LogP contribution in [-0.4, -0.2) is 13.7 Å². The molecule has 0 aliphatic heterocycles. The van der Waals surface area contributed by atoms with Crippen molar-refractivity contribution in [2.45, 2.75) is 6.82 Å². The van der Waals surface area contributed by atoms with Gasteiger partial charge in [0.1, 0.15) is 7.12 Å². The Morgan fingerprint density at radius 3 is 2.25 bits per heavy atom. The molecule has 0 nitrogen and oxygen atoms in total. The molecule has 0 spiro atoms. The zero-order chi connectivity index (χ0) is 3.41. The van der Waals surface area contributed by atoms with Gasteiger partial charge < -0.3 is 0 Å². The molecule has 0 aliphatic rings. The van der Waals surface area contributed by atoms with Gasteiger partial charge in [0.05, 0.1) is 0 Å². The third-order valence-electron chi connectivity index (χ3n) is 0.136. The molecule has 0 aromatic carbocycles. The van der Waals surface area contributed by atoms with E-state index in [-0.39, 0.29) is 0 Å². The number of hydrogen-bond acceptors (Lipinski definition) is 1. The first kappa shape index (κ1) is 4.48. The molecule has 0 unspecified atom stereocenters. The molecule has 3 radical (unpaired) electrons. The van der Waals surface area contributed by atoms with Crippen molar-refractivity contribution in [3.05, 3.63) is 0 Å². The lowest BCUT2D eigenvalue weighted by atomic mass is 10.2. The molecule has 0 rings (SSSR count). The molecule has 19 valence electrons. The summed E-state index contributed by atoms with van der Waals surface area (Å²) in [5.74, 6) is 0. The van der Waals surface area contributed by atoms with E-state index in [9.17, 15) is 0 Å². The average Bonchev–Trinajstić information content (AvgIpc) is 1.37. The van der Waals surface area contributed by atoms with E-state index in [1.807, 2.05) is 13.4 Å². The van der Waals surface area contributed by atoms with Crippen LogP contribution < -0.4 is 0 Å². The summed E-state index contributed by atoms with van der Waals surface area (Å²) in [6, 6.07) is 0. The molecular weight excluding hydrogens is 65.7 g/mol. The minimum Gasteiger partial charge on any atom is -0.277 e. The molecule has 0 heterocycles. The van der Waals surface area contributed by atoms with Gasteiger partial charge in [-0.05, 0) is 0 Å². The third kappa shape index (κ3) is 2.48. The highest BCUT2D eigenvalue weighted by molar-refractivity contribution is 8.38. The first-order valence-corrected chi connectivity index (χ1v) is 1.99. The smallest absolute Gasteiger partial charge is 0.171 e. The van der Waals surface area contributed by atoms with E-state index in [0.29, 0.717) is 0 Å². The fourth-order valence-corrected chi connectivity index (χ4v) is 0. The van der Waals surface area contributed by atoms with E-state index < -0.39 is 0 Å². The van der Waals surface area contributed by atoms with Gasteiger partial charge in [-0.3, -0.25) is 11.5 Å². The van der Waals surface area contributed by atoms with E-state index >= 15 is 0 Å². The molecule has 0 amide bonds. The van der Waals surface area contributed by atoms with Gasteiger partial charge in [-0.1, -0.05) is 6.82 Å². The summed E-state index contributed by atoms with van der Waals surface area (Å²) < 4.78 is 0. The van der Waals surface area contributed by atoms with Gasteiger partial charge in [0.15, 0.2) is 6.56 Å². The molecule has 0 aromatic rings. The monoisotopic (exact) mass is 69.0 g/mol. The average molecular weight is 68.7 g/mol. The SMILES string of the molecule is [B]S[B]C. The van der Waals surface area contributed by atoms with E-state index in [1.54, 1.807) is 0 Å². The fourth-order valence-electron chi connectivity index (χ4n) is 0. The maximum atomic E-state index is 4.89. The molecule has 0 N–H and O–H groups in total. The summed E-state index contributed by atoms with van der Waals surface area (Å²) >= 11 is 1.23. The van der Waals surface area contributed by atoms with Crippen LogP contribution in [0.25, 0.3) is 0 Å². The molecule has 4 heavy (non-hydrogen) atoms. The van der Waals surface area contributed by atoms with Crippen LogP contribution in [-0.2, 0) is 0 Å². The summed E-state index contributed by atoms with van der Waals surface area (Å²) in [5.41, 5.74) is 0. The zero-order valence-corrected chi connectivity index (χ0v) is 3.38. The Morgan fingerprint density at radius 1 is 2.00 bits per heavy atom. The summed E-state index contributed by atoms with van der Waals surface area (Å²) in [4.78, 5) is 0. The number of rotatable bonds is 1. The second kappa shape index (κ2) is 3.48. The maximum Gasteiger partial charge on any atom is 0.171 e. The van der Waals surface area contributed by atoms with Crippen LogP contribution >= 0.6 is 11.5 Å². The van der Waals surface area contributed by atoms with Crippen molar-refractivity contribution in [1.82, 2.24) is 0 Å². The topological polar surface area (TPSA) is 0 Å². The van der Waals surface area contributed by atoms with Crippen molar-refractivity contribution < 1.29 is 0 Å². The lowest BCUT2D eigenvalue weighted by Crippen LogP contribution is -1.61. The minimum absolute atomic E-state index is 1.23. The summed E-state index contributed by atoms with van der Waals surface area (Å²) in [6.45, 7) is 3.71. The van der Waals surface area contributed by atoms with Gasteiger partial charge in [-0.2, -0.15) is 0 Å². The van der Waals surface area contributed by atoms with Crippen LogP contribution in [0.3, 0.4) is 0 Å². The van der Waals surface area contributed by atoms with Crippen molar-refractivity contribution >= 4 is 25.1 Å². The highest BCUT2D eigenvalue weighted by Crippen LogP contribution is 1.77. The van der Waals surface area contributed by atoms with Gasteiger partial charge in [0.25, 0.3) is 0 Å². The van der Waals surface area contributed by atoms with Crippen molar-refractivity contribution in [2.24, 2.45) is 0 Å². The highest BCUT2D eigenvalue weighted by Gasteiger charge is 1.60. The Balaban J connectivity index is 1.97. The van der Waals surface area contributed by atoms with Gasteiger partial charge >= 0.3 is 0 Å². The second-order valence-corrected chi connectivity index (χ2v) is 1.12. The molecule has 0 saturated carbocycles. The molecular formula is CH3B2S. The molecule has 0 bridgehead atoms. The lowest BCUT2D eigenvalue weighted by molar-refractivity contribution is 2.38. The quantitative estimate of drug-likeness (QED) is 0.403. The highest BCUT2D eigenvalue weighted by atomic mass is 32.2. The summed E-state index contributed by atoms with van der Waals surface area (Å²) in [6.07, 6.45) is 0. The zero-order valence-electron chi connectivity index (χ0n) is 2.56. The van der Waals surface area contributed by atoms with Gasteiger partial charge in [-0.15, -0.1) is 0 Å². The Bertz CT molecular complexity index is 8.00. The number of hydrogen-bond donors (Lipinski definition) is 0. The standard InChI is InChI=1S/CH3B2S/c1-3-4-2/h1H3. The van der Waals surface area contributed by atoms with Crippen molar-refractivity contribution in [3.63, 3.8) is 0 Å². The minimum atomic E-state index is 1.23. The Labute approximate surface area is 32.8 Å². The van der Waals surface area contributed by atoms with Crippen LogP contribution in [0.5, 0.6) is 0 Å². The predicted octanol–water partition coefficient (Wildman–Crippen LogP) is 0.470. The molecule has 0 fully saturated rings. The normalized spacial score (nSPS) is 6.25. The van der Waals surface area contributed by atoms with Crippen LogP contribution in [0.2, 0.25) is 6.82 Å². The molecule has 0 atom stereocenters. The van der Waals surface area contributed by atoms with Gasteiger partial charge in [0, 0.05) is 0 Å². The van der Waals surface area contributed by atoms with Gasteiger partial charge in [0.2, 0.25) is 0 Å². The largest absolute Gasteiger partial charge is 0.277 e. The maximum absolute atomic E-state index is 4.89. The van der Waals surface area contributed by atoms with E-state index in [0.717, 1.165) is 0 Å². The van der Waals surface area contributed by atoms with E-state index in [2.05, 4.69) is 0 Å². The van der Waals surface area contributed by atoms with Crippen molar-refractivity contribution in [3.8, 4) is 0 Å². The predicted molar refractivity (Wildman–Crippen MR) is 25.0 cm³/mol. The summed E-state index contributed by atoms with van der Waals surface area (Å²) in [7, 11) is 4.89. The van der Waals surface area contributed by atoms with Crippen molar-refractivity contribution in [1.29, 1.82) is 0 Å². The molecule has 3 heteroatoms. The lowest BCUT2D eigenvalue weighted by Gasteiger charge is -1.66. The Kier molecular flexibility index (Phi) is 3.90.